The topological polar surface area (TPSA) is 89.5 Å². The normalized spacial score (nSPS) is 15.4. The molecule has 0 saturated carbocycles. The molecular weight excluding hydrogens is 436 g/mol. The highest BCUT2D eigenvalue weighted by Gasteiger charge is 2.24. The van der Waals surface area contributed by atoms with Crippen molar-refractivity contribution >= 4 is 25.9 Å². The summed E-state index contributed by atoms with van der Waals surface area (Å²) in [7, 11) is -7.13. The zero-order valence-electron chi connectivity index (χ0n) is 16.3. The minimum absolute atomic E-state index is 0.0349. The zero-order valence-corrected chi connectivity index (χ0v) is 17.9. The lowest BCUT2D eigenvalue weighted by molar-refractivity contribution is -0.0498. The molecule has 3 rings (SSSR count). The van der Waals surface area contributed by atoms with Gasteiger partial charge in [-0.3, -0.25) is 0 Å². The van der Waals surface area contributed by atoms with Crippen molar-refractivity contribution in [1.29, 1.82) is 0 Å². The van der Waals surface area contributed by atoms with Gasteiger partial charge in [-0.05, 0) is 66.8 Å². The maximum absolute atomic E-state index is 12.8. The Morgan fingerprint density at radius 1 is 1.00 bits per heavy atom. The quantitative estimate of drug-likeness (QED) is 0.685. The van der Waals surface area contributed by atoms with Gasteiger partial charge in [0.15, 0.2) is 9.84 Å². The van der Waals surface area contributed by atoms with Gasteiger partial charge < -0.3 is 4.74 Å². The van der Waals surface area contributed by atoms with Crippen LogP contribution in [0.5, 0.6) is 5.75 Å². The van der Waals surface area contributed by atoms with Crippen LogP contribution in [0.25, 0.3) is 6.08 Å². The summed E-state index contributed by atoms with van der Waals surface area (Å²) in [5.74, 6) is 0.0349. The molecular formula is C20H21F2NO5S2. The lowest BCUT2D eigenvalue weighted by Crippen LogP contribution is -2.29. The first kappa shape index (κ1) is 22.4. The number of hydrogen-bond donors (Lipinski definition) is 1. The van der Waals surface area contributed by atoms with E-state index in [1.54, 1.807) is 25.1 Å². The molecule has 1 unspecified atom stereocenters. The second kappa shape index (κ2) is 8.44. The highest BCUT2D eigenvalue weighted by Crippen LogP contribution is 2.31. The average Bonchev–Trinajstić information content (AvgIpc) is 2.66. The summed E-state index contributed by atoms with van der Waals surface area (Å²) in [6.45, 7) is -1.26. The van der Waals surface area contributed by atoms with E-state index >= 15 is 0 Å². The summed E-state index contributed by atoms with van der Waals surface area (Å²) in [5, 5.41) is 0. The van der Waals surface area contributed by atoms with E-state index in [0.717, 1.165) is 11.8 Å². The van der Waals surface area contributed by atoms with Crippen molar-refractivity contribution in [2.24, 2.45) is 0 Å². The molecule has 2 aromatic carbocycles. The van der Waals surface area contributed by atoms with Gasteiger partial charge in [0.1, 0.15) is 5.75 Å². The summed E-state index contributed by atoms with van der Waals surface area (Å²) in [5.41, 5.74) is 1.99. The Morgan fingerprint density at radius 3 is 2.27 bits per heavy atom. The molecule has 0 heterocycles. The lowest BCUT2D eigenvalue weighted by Gasteiger charge is -2.20. The van der Waals surface area contributed by atoms with Crippen molar-refractivity contribution in [1.82, 2.24) is 4.72 Å². The van der Waals surface area contributed by atoms with Gasteiger partial charge in [-0.25, -0.2) is 21.6 Å². The highest BCUT2D eigenvalue weighted by molar-refractivity contribution is 7.93. The summed E-state index contributed by atoms with van der Waals surface area (Å²) in [6, 6.07) is 9.84. The summed E-state index contributed by atoms with van der Waals surface area (Å²) in [4.78, 5) is 0.347. The van der Waals surface area contributed by atoms with E-state index < -0.39 is 32.5 Å². The van der Waals surface area contributed by atoms with Gasteiger partial charge in [0.05, 0.1) is 9.80 Å². The van der Waals surface area contributed by atoms with Crippen LogP contribution in [0, 0.1) is 0 Å². The van der Waals surface area contributed by atoms with Gasteiger partial charge in [-0.1, -0.05) is 18.2 Å². The number of ether oxygens (including phenoxy) is 1. The van der Waals surface area contributed by atoms with Gasteiger partial charge in [-0.15, -0.1) is 0 Å². The fraction of sp³-hybridized carbons (Fsp3) is 0.300. The second-order valence-corrected chi connectivity index (χ2v) is 10.8. The van der Waals surface area contributed by atoms with Crippen molar-refractivity contribution in [2.75, 3.05) is 6.26 Å². The molecule has 0 amide bonds. The Labute approximate surface area is 174 Å². The zero-order chi connectivity index (χ0) is 22.1. The molecule has 0 fully saturated rings. The van der Waals surface area contributed by atoms with Gasteiger partial charge in [-0.2, -0.15) is 8.78 Å². The summed E-state index contributed by atoms with van der Waals surface area (Å²) >= 11 is 0. The third kappa shape index (κ3) is 5.24. The lowest BCUT2D eigenvalue weighted by atomic mass is 9.97. The monoisotopic (exact) mass is 457 g/mol. The third-order valence-corrected chi connectivity index (χ3v) is 7.59. The van der Waals surface area contributed by atoms with Crippen LogP contribution in [0.1, 0.15) is 36.1 Å². The number of fused-ring (bicyclic) bond motifs is 1. The van der Waals surface area contributed by atoms with E-state index in [0.29, 0.717) is 17.5 Å². The third-order valence-electron chi connectivity index (χ3n) is 4.78. The Kier molecular flexibility index (Phi) is 6.30. The smallest absolute Gasteiger partial charge is 0.387 e. The number of benzene rings is 2. The molecule has 6 nitrogen and oxygen atoms in total. The van der Waals surface area contributed by atoms with Crippen LogP contribution >= 0.6 is 0 Å². The first-order valence-corrected chi connectivity index (χ1v) is 12.4. The molecule has 1 atom stereocenters. The van der Waals surface area contributed by atoms with E-state index in [1.165, 1.54) is 30.3 Å². The molecule has 0 aromatic heterocycles. The number of alkyl halides is 2. The van der Waals surface area contributed by atoms with Crippen molar-refractivity contribution < 1.29 is 30.4 Å². The Balaban J connectivity index is 1.78. The van der Waals surface area contributed by atoms with Crippen LogP contribution < -0.4 is 9.46 Å². The fourth-order valence-corrected chi connectivity index (χ4v) is 5.25. The van der Waals surface area contributed by atoms with Crippen LogP contribution in [0.3, 0.4) is 0 Å². The molecule has 1 aliphatic rings. The maximum atomic E-state index is 12.8. The molecule has 0 spiro atoms. The minimum Gasteiger partial charge on any atom is -0.435 e. The number of sulfone groups is 1. The maximum Gasteiger partial charge on any atom is 0.387 e. The number of hydrogen-bond acceptors (Lipinski definition) is 5. The summed E-state index contributed by atoms with van der Waals surface area (Å²) < 4.78 is 80.5. The standard InChI is InChI=1S/C20H21F2NO5S2/c1-13(14-4-8-18(9-5-14)29(2,24)25)23-30(26,27)19-10-6-15-11-17(28-20(21)22)7-3-16(15)12-19/h3-5,7-9,11-13,20,23H,6,10H2,1-2H3. The van der Waals surface area contributed by atoms with Gasteiger partial charge in [0, 0.05) is 12.3 Å². The number of nitrogens with one attached hydrogen (secondary N) is 1. The Morgan fingerprint density at radius 2 is 1.67 bits per heavy atom. The van der Waals surface area contributed by atoms with E-state index in [-0.39, 0.29) is 22.0 Å². The fourth-order valence-electron chi connectivity index (χ4n) is 3.21. The van der Waals surface area contributed by atoms with Crippen molar-refractivity contribution in [3.63, 3.8) is 0 Å². The molecule has 1 aliphatic carbocycles. The van der Waals surface area contributed by atoms with Crippen molar-refractivity contribution in [3.05, 3.63) is 64.1 Å². The van der Waals surface area contributed by atoms with E-state index in [4.69, 9.17) is 0 Å². The van der Waals surface area contributed by atoms with Gasteiger partial charge in [0.2, 0.25) is 10.0 Å². The molecule has 1 N–H and O–H groups in total. The molecule has 0 saturated heterocycles. The summed E-state index contributed by atoms with van der Waals surface area (Å²) in [6.07, 6.45) is 3.22. The van der Waals surface area contributed by atoms with Gasteiger partial charge >= 0.3 is 6.61 Å². The number of aryl methyl sites for hydroxylation is 1. The second-order valence-electron chi connectivity index (χ2n) is 7.03. The number of allylic oxidation sites excluding steroid dienone is 1. The molecule has 0 aliphatic heterocycles. The molecule has 2 aromatic rings. The number of sulfonamides is 1. The van der Waals surface area contributed by atoms with Crippen molar-refractivity contribution in [2.45, 2.75) is 37.3 Å². The SMILES string of the molecule is CC(NS(=O)(=O)C1=Cc2ccc(OC(F)F)cc2CC1)c1ccc(S(C)(=O)=O)cc1. The molecule has 162 valence electrons. The first-order valence-electron chi connectivity index (χ1n) is 9.06. The van der Waals surface area contributed by atoms with Crippen LogP contribution in [0.15, 0.2) is 52.3 Å². The molecule has 0 bridgehead atoms. The Bertz CT molecular complexity index is 1170. The average molecular weight is 458 g/mol. The predicted octanol–water partition coefficient (Wildman–Crippen LogP) is 3.66. The van der Waals surface area contributed by atoms with Crippen LogP contribution in [-0.2, 0) is 26.3 Å². The molecule has 30 heavy (non-hydrogen) atoms. The van der Waals surface area contributed by atoms with Crippen LogP contribution in [0.4, 0.5) is 8.78 Å². The number of rotatable bonds is 7. The number of halogens is 2. The Hall–Kier alpha value is -2.30. The van der Waals surface area contributed by atoms with Gasteiger partial charge in [0.25, 0.3) is 0 Å². The molecule has 0 radical (unpaired) electrons. The van der Waals surface area contributed by atoms with E-state index in [1.807, 2.05) is 0 Å². The largest absolute Gasteiger partial charge is 0.435 e. The van der Waals surface area contributed by atoms with Crippen LogP contribution in [-0.4, -0.2) is 29.7 Å². The highest BCUT2D eigenvalue weighted by atomic mass is 32.2. The van der Waals surface area contributed by atoms with Crippen molar-refractivity contribution in [3.8, 4) is 5.75 Å². The first-order chi connectivity index (χ1) is 14.0. The minimum atomic E-state index is -3.80. The van der Waals surface area contributed by atoms with E-state index in [9.17, 15) is 25.6 Å². The van der Waals surface area contributed by atoms with E-state index in [2.05, 4.69) is 9.46 Å². The molecule has 10 heteroatoms. The predicted molar refractivity (Wildman–Crippen MR) is 109 cm³/mol. The van der Waals surface area contributed by atoms with Crippen LogP contribution in [0.2, 0.25) is 0 Å².